The minimum absolute atomic E-state index is 0.0862. The Labute approximate surface area is 208 Å². The molecule has 0 aliphatic rings. The monoisotopic (exact) mass is 510 g/mol. The van der Waals surface area contributed by atoms with Crippen LogP contribution in [-0.4, -0.2) is 41.5 Å². The second-order valence-corrected chi connectivity index (χ2v) is 10.2. The van der Waals surface area contributed by atoms with Gasteiger partial charge in [0, 0.05) is 17.1 Å². The normalized spacial score (nSPS) is 11.3. The third-order valence-corrected chi connectivity index (χ3v) is 7.61. The Morgan fingerprint density at radius 2 is 1.80 bits per heavy atom. The van der Waals surface area contributed by atoms with E-state index in [4.69, 9.17) is 11.6 Å². The number of carbonyl (C=O) groups excluding carboxylic acids is 1. The number of anilines is 1. The molecular weight excluding hydrogens is 488 g/mol. The SMILES string of the molecule is Cc1ccc(S(=O)(=O)N(CC(=O)NCc2cccc(-c3nn[nH]n3)c2)c2cccc(Cl)c2C)cc1. The van der Waals surface area contributed by atoms with Gasteiger partial charge in [0.2, 0.25) is 11.7 Å². The highest BCUT2D eigenvalue weighted by atomic mass is 35.5. The standard InChI is InChI=1S/C24H23ClN6O3S/c1-16-9-11-20(12-10-16)35(33,34)31(22-8-4-7-21(25)17(22)2)15-23(32)26-14-18-5-3-6-19(13-18)24-27-29-30-28-24/h3-13H,14-15H2,1-2H3,(H,26,32)(H,27,28,29,30). The van der Waals surface area contributed by atoms with Crippen LogP contribution in [0.2, 0.25) is 5.02 Å². The van der Waals surface area contributed by atoms with Crippen molar-refractivity contribution in [2.24, 2.45) is 0 Å². The molecule has 0 bridgehead atoms. The molecule has 4 rings (SSSR count). The molecular formula is C24H23ClN6O3S. The maximum Gasteiger partial charge on any atom is 0.264 e. The second kappa shape index (κ2) is 10.2. The predicted octanol–water partition coefficient (Wildman–Crippen LogP) is 3.65. The first-order chi connectivity index (χ1) is 16.8. The molecule has 1 aromatic heterocycles. The summed E-state index contributed by atoms with van der Waals surface area (Å²) in [5, 5.41) is 17.1. The van der Waals surface area contributed by atoms with Crippen LogP contribution in [0.5, 0.6) is 0 Å². The number of H-pyrrole nitrogens is 1. The molecule has 3 aromatic carbocycles. The van der Waals surface area contributed by atoms with Crippen LogP contribution in [0.3, 0.4) is 0 Å². The number of carbonyl (C=O) groups is 1. The van der Waals surface area contributed by atoms with E-state index in [0.29, 0.717) is 22.1 Å². The summed E-state index contributed by atoms with van der Waals surface area (Å²) in [7, 11) is -4.04. The fourth-order valence-corrected chi connectivity index (χ4v) is 5.14. The average Bonchev–Trinajstić information content (AvgIpc) is 3.39. The highest BCUT2D eigenvalue weighted by Gasteiger charge is 2.28. The van der Waals surface area contributed by atoms with Gasteiger partial charge in [-0.3, -0.25) is 9.10 Å². The van der Waals surface area contributed by atoms with Crippen LogP contribution in [0.25, 0.3) is 11.4 Å². The highest BCUT2D eigenvalue weighted by Crippen LogP contribution is 2.31. The molecule has 35 heavy (non-hydrogen) atoms. The largest absolute Gasteiger partial charge is 0.350 e. The summed E-state index contributed by atoms with van der Waals surface area (Å²) in [5.74, 6) is -0.0324. The molecule has 0 aliphatic carbocycles. The molecule has 0 spiro atoms. The molecule has 0 fully saturated rings. The van der Waals surface area contributed by atoms with Gasteiger partial charge in [0.05, 0.1) is 10.6 Å². The number of aryl methyl sites for hydroxylation is 1. The lowest BCUT2D eigenvalue weighted by Crippen LogP contribution is -2.41. The summed E-state index contributed by atoms with van der Waals surface area (Å²) in [4.78, 5) is 13.0. The summed E-state index contributed by atoms with van der Waals surface area (Å²) >= 11 is 6.27. The van der Waals surface area contributed by atoms with E-state index >= 15 is 0 Å². The topological polar surface area (TPSA) is 121 Å². The van der Waals surface area contributed by atoms with Crippen LogP contribution in [-0.2, 0) is 21.4 Å². The zero-order valence-corrected chi connectivity index (χ0v) is 20.6. The fraction of sp³-hybridized carbons (Fsp3) is 0.167. The Morgan fingerprint density at radius 1 is 1.06 bits per heavy atom. The first-order valence-electron chi connectivity index (χ1n) is 10.7. The lowest BCUT2D eigenvalue weighted by molar-refractivity contribution is -0.119. The Kier molecular flexibility index (Phi) is 7.13. The third-order valence-electron chi connectivity index (χ3n) is 5.42. The molecule has 0 saturated heterocycles. The van der Waals surface area contributed by atoms with E-state index in [1.807, 2.05) is 31.2 Å². The van der Waals surface area contributed by atoms with Gasteiger partial charge in [-0.25, -0.2) is 8.42 Å². The lowest BCUT2D eigenvalue weighted by atomic mass is 10.1. The number of nitrogens with one attached hydrogen (secondary N) is 2. The third kappa shape index (κ3) is 5.50. The van der Waals surface area contributed by atoms with Gasteiger partial charge in [-0.2, -0.15) is 5.21 Å². The average molecular weight is 511 g/mol. The van der Waals surface area contributed by atoms with Crippen LogP contribution in [0.1, 0.15) is 16.7 Å². The van der Waals surface area contributed by atoms with Gasteiger partial charge in [0.1, 0.15) is 6.54 Å². The quantitative estimate of drug-likeness (QED) is 0.373. The van der Waals surface area contributed by atoms with Crippen molar-refractivity contribution in [1.82, 2.24) is 25.9 Å². The number of hydrogen-bond donors (Lipinski definition) is 2. The number of aromatic amines is 1. The van der Waals surface area contributed by atoms with Gasteiger partial charge < -0.3 is 5.32 Å². The van der Waals surface area contributed by atoms with Gasteiger partial charge in [-0.1, -0.05) is 53.6 Å². The van der Waals surface area contributed by atoms with E-state index in [9.17, 15) is 13.2 Å². The van der Waals surface area contributed by atoms with Gasteiger partial charge in [0.15, 0.2) is 0 Å². The fourth-order valence-electron chi connectivity index (χ4n) is 3.49. The van der Waals surface area contributed by atoms with Crippen molar-refractivity contribution < 1.29 is 13.2 Å². The van der Waals surface area contributed by atoms with Gasteiger partial charge in [-0.05, 0) is 60.5 Å². The number of amides is 1. The Balaban J connectivity index is 1.58. The summed E-state index contributed by atoms with van der Waals surface area (Å²) in [5.41, 5.74) is 3.36. The molecule has 0 unspecified atom stereocenters. The molecule has 9 nitrogen and oxygen atoms in total. The first kappa shape index (κ1) is 24.4. The van der Waals surface area contributed by atoms with Crippen LogP contribution in [0.15, 0.2) is 71.6 Å². The van der Waals surface area contributed by atoms with Crippen LogP contribution in [0, 0.1) is 13.8 Å². The summed E-state index contributed by atoms with van der Waals surface area (Å²) in [6.07, 6.45) is 0. The number of benzene rings is 3. The predicted molar refractivity (Wildman–Crippen MR) is 133 cm³/mol. The molecule has 4 aromatic rings. The zero-order valence-electron chi connectivity index (χ0n) is 19.1. The molecule has 11 heteroatoms. The van der Waals surface area contributed by atoms with Crippen molar-refractivity contribution in [1.29, 1.82) is 0 Å². The number of rotatable bonds is 8. The van der Waals surface area contributed by atoms with Crippen molar-refractivity contribution in [2.45, 2.75) is 25.3 Å². The summed E-state index contributed by atoms with van der Waals surface area (Å²) < 4.78 is 28.2. The second-order valence-electron chi connectivity index (χ2n) is 7.92. The van der Waals surface area contributed by atoms with Crippen molar-refractivity contribution in [3.05, 3.63) is 88.4 Å². The molecule has 0 radical (unpaired) electrons. The Hall–Kier alpha value is -3.76. The minimum atomic E-state index is -4.04. The molecule has 0 aliphatic heterocycles. The van der Waals surface area contributed by atoms with Crippen LogP contribution in [0.4, 0.5) is 5.69 Å². The first-order valence-corrected chi connectivity index (χ1v) is 12.5. The molecule has 1 heterocycles. The molecule has 180 valence electrons. The number of halogens is 1. The smallest absolute Gasteiger partial charge is 0.264 e. The van der Waals surface area contributed by atoms with E-state index in [0.717, 1.165) is 21.0 Å². The van der Waals surface area contributed by atoms with Crippen molar-refractivity contribution in [3.8, 4) is 11.4 Å². The van der Waals surface area contributed by atoms with Crippen LogP contribution < -0.4 is 9.62 Å². The highest BCUT2D eigenvalue weighted by molar-refractivity contribution is 7.92. The Morgan fingerprint density at radius 3 is 2.51 bits per heavy atom. The van der Waals surface area contributed by atoms with E-state index in [1.165, 1.54) is 12.1 Å². The molecule has 2 N–H and O–H groups in total. The van der Waals surface area contributed by atoms with E-state index in [1.54, 1.807) is 37.3 Å². The van der Waals surface area contributed by atoms with Crippen molar-refractivity contribution in [2.75, 3.05) is 10.8 Å². The number of hydrogen-bond acceptors (Lipinski definition) is 6. The van der Waals surface area contributed by atoms with Crippen LogP contribution >= 0.6 is 11.6 Å². The van der Waals surface area contributed by atoms with Gasteiger partial charge >= 0.3 is 0 Å². The molecule has 1 amide bonds. The number of tetrazole rings is 1. The maximum absolute atomic E-state index is 13.6. The van der Waals surface area contributed by atoms with Gasteiger partial charge in [-0.15, -0.1) is 10.2 Å². The minimum Gasteiger partial charge on any atom is -0.350 e. The van der Waals surface area contributed by atoms with Crippen molar-refractivity contribution >= 4 is 33.2 Å². The van der Waals surface area contributed by atoms with Gasteiger partial charge in [0.25, 0.3) is 10.0 Å². The zero-order chi connectivity index (χ0) is 25.0. The summed E-state index contributed by atoms with van der Waals surface area (Å²) in [6.45, 7) is 3.37. The maximum atomic E-state index is 13.6. The molecule has 0 saturated carbocycles. The Bertz CT molecular complexity index is 1440. The number of aromatic nitrogens is 4. The van der Waals surface area contributed by atoms with E-state index < -0.39 is 22.5 Å². The van der Waals surface area contributed by atoms with Crippen molar-refractivity contribution in [3.63, 3.8) is 0 Å². The summed E-state index contributed by atoms with van der Waals surface area (Å²) in [6, 6.07) is 18.8. The lowest BCUT2D eigenvalue weighted by Gasteiger charge is -2.26. The number of sulfonamides is 1. The van der Waals surface area contributed by atoms with E-state index in [2.05, 4.69) is 25.9 Å². The van der Waals surface area contributed by atoms with E-state index in [-0.39, 0.29) is 11.4 Å². The molecule has 0 atom stereocenters. The number of nitrogens with zero attached hydrogens (tertiary/aromatic N) is 4.